The van der Waals surface area contributed by atoms with Gasteiger partial charge in [0.05, 0.1) is 11.0 Å². The topological polar surface area (TPSA) is 76.0 Å². The third-order valence-electron chi connectivity index (χ3n) is 6.03. The average Bonchev–Trinajstić information content (AvgIpc) is 3.34. The molecule has 3 atom stereocenters. The summed E-state index contributed by atoms with van der Waals surface area (Å²) in [5.74, 6) is 2.59. The first kappa shape index (κ1) is 17.1. The van der Waals surface area contributed by atoms with E-state index in [-0.39, 0.29) is 18.4 Å². The summed E-state index contributed by atoms with van der Waals surface area (Å²) in [6.07, 6.45) is 6.33. The molecule has 2 amide bonds. The predicted octanol–water partition coefficient (Wildman–Crippen LogP) is 2.57. The summed E-state index contributed by atoms with van der Waals surface area (Å²) < 4.78 is 1.91. The minimum Gasteiger partial charge on any atom is -0.318 e. The second kappa shape index (κ2) is 7.09. The van der Waals surface area contributed by atoms with Gasteiger partial charge in [0.15, 0.2) is 0 Å². The highest BCUT2D eigenvalue weighted by molar-refractivity contribution is 5.84. The Labute approximate surface area is 153 Å². The minimum atomic E-state index is -0.232. The van der Waals surface area contributed by atoms with Crippen molar-refractivity contribution in [2.24, 2.45) is 17.8 Å². The number of para-hydroxylation sites is 2. The molecule has 0 saturated heterocycles. The molecule has 0 aliphatic heterocycles. The van der Waals surface area contributed by atoms with Gasteiger partial charge in [-0.15, -0.1) is 0 Å². The van der Waals surface area contributed by atoms with Gasteiger partial charge in [-0.3, -0.25) is 20.4 Å². The molecule has 0 spiro atoms. The Hall–Kier alpha value is -2.37. The van der Waals surface area contributed by atoms with Crippen molar-refractivity contribution in [1.82, 2.24) is 20.4 Å². The van der Waals surface area contributed by atoms with Crippen LogP contribution in [0.3, 0.4) is 0 Å². The Morgan fingerprint density at radius 3 is 2.69 bits per heavy atom. The van der Waals surface area contributed by atoms with Crippen LogP contribution in [0.2, 0.25) is 0 Å². The maximum absolute atomic E-state index is 12.3. The molecule has 138 valence electrons. The molecule has 2 aromatic rings. The Morgan fingerprint density at radius 1 is 1.15 bits per heavy atom. The van der Waals surface area contributed by atoms with E-state index in [1.165, 1.54) is 25.7 Å². The maximum atomic E-state index is 12.3. The van der Waals surface area contributed by atoms with Gasteiger partial charge >= 0.3 is 0 Å². The van der Waals surface area contributed by atoms with Crippen LogP contribution in [0.15, 0.2) is 24.3 Å². The third kappa shape index (κ3) is 3.32. The third-order valence-corrected chi connectivity index (χ3v) is 6.03. The Morgan fingerprint density at radius 2 is 1.96 bits per heavy atom. The molecule has 2 fully saturated rings. The number of amides is 2. The number of aryl methyl sites for hydroxylation is 1. The average molecular weight is 354 g/mol. The summed E-state index contributed by atoms with van der Waals surface area (Å²) in [5.41, 5.74) is 6.99. The van der Waals surface area contributed by atoms with Crippen LogP contribution in [0.4, 0.5) is 0 Å². The molecule has 2 saturated carbocycles. The fraction of sp³-hybridized carbons (Fsp3) is 0.550. The van der Waals surface area contributed by atoms with Crippen LogP contribution in [0.25, 0.3) is 11.0 Å². The van der Waals surface area contributed by atoms with Crippen molar-refractivity contribution in [1.29, 1.82) is 0 Å². The van der Waals surface area contributed by atoms with E-state index in [0.717, 1.165) is 29.2 Å². The van der Waals surface area contributed by atoms with Gasteiger partial charge in [0.1, 0.15) is 12.4 Å². The van der Waals surface area contributed by atoms with Gasteiger partial charge in [-0.25, -0.2) is 4.98 Å². The standard InChI is InChI=1S/C20H26N4O2/c1-2-18-21-16-5-3-4-6-17(16)24(18)12-20(26)23-22-19(25)11-15-10-13-7-8-14(15)9-13/h3-6,13-15H,2,7-12H2,1H3,(H,22,25)(H,23,26)/t13-,14-,15-/m1/s1. The normalized spacial score (nSPS) is 24.1. The van der Waals surface area contributed by atoms with Gasteiger partial charge in [0.25, 0.3) is 5.91 Å². The molecule has 2 N–H and O–H groups in total. The number of hydrazine groups is 1. The Kier molecular flexibility index (Phi) is 4.66. The fourth-order valence-corrected chi connectivity index (χ4v) is 4.81. The number of rotatable bonds is 5. The highest BCUT2D eigenvalue weighted by Crippen LogP contribution is 2.49. The number of nitrogens with zero attached hydrogens (tertiary/aromatic N) is 2. The summed E-state index contributed by atoms with van der Waals surface area (Å²) in [6, 6.07) is 7.78. The van der Waals surface area contributed by atoms with E-state index in [1.807, 2.05) is 35.8 Å². The summed E-state index contributed by atoms with van der Waals surface area (Å²) in [4.78, 5) is 29.1. The van der Waals surface area contributed by atoms with E-state index in [9.17, 15) is 9.59 Å². The van der Waals surface area contributed by atoms with Crippen molar-refractivity contribution >= 4 is 22.8 Å². The second-order valence-electron chi connectivity index (χ2n) is 7.69. The first-order valence-electron chi connectivity index (χ1n) is 9.66. The number of carbonyl (C=O) groups excluding carboxylic acids is 2. The summed E-state index contributed by atoms with van der Waals surface area (Å²) in [7, 11) is 0. The van der Waals surface area contributed by atoms with Crippen molar-refractivity contribution in [3.8, 4) is 0 Å². The molecule has 2 aliphatic rings. The molecule has 26 heavy (non-hydrogen) atoms. The van der Waals surface area contributed by atoms with Crippen LogP contribution in [0.1, 0.15) is 44.9 Å². The first-order valence-corrected chi connectivity index (χ1v) is 9.66. The van der Waals surface area contributed by atoms with Crippen LogP contribution >= 0.6 is 0 Å². The zero-order valence-electron chi connectivity index (χ0n) is 15.2. The number of hydrogen-bond donors (Lipinski definition) is 2. The van der Waals surface area contributed by atoms with Gasteiger partial charge < -0.3 is 4.57 Å². The molecule has 6 heteroatoms. The maximum Gasteiger partial charge on any atom is 0.258 e. The SMILES string of the molecule is CCc1nc2ccccc2n1CC(=O)NNC(=O)C[C@H]1C[C@@H]2CC[C@@H]1C2. The van der Waals surface area contributed by atoms with Crippen LogP contribution in [-0.2, 0) is 22.6 Å². The number of imidazole rings is 1. The van der Waals surface area contributed by atoms with E-state index < -0.39 is 0 Å². The number of carbonyl (C=O) groups is 2. The van der Waals surface area contributed by atoms with Crippen molar-refractivity contribution in [2.75, 3.05) is 0 Å². The van der Waals surface area contributed by atoms with Gasteiger partial charge in [-0.2, -0.15) is 0 Å². The summed E-state index contributed by atoms with van der Waals surface area (Å²) in [6.45, 7) is 2.17. The Balaban J connectivity index is 1.32. The molecule has 1 heterocycles. The quantitative estimate of drug-likeness (QED) is 0.810. The monoisotopic (exact) mass is 354 g/mol. The van der Waals surface area contributed by atoms with E-state index in [0.29, 0.717) is 18.3 Å². The first-order chi connectivity index (χ1) is 12.6. The van der Waals surface area contributed by atoms with Crippen LogP contribution in [-0.4, -0.2) is 21.4 Å². The highest BCUT2D eigenvalue weighted by Gasteiger charge is 2.40. The van der Waals surface area contributed by atoms with E-state index in [2.05, 4.69) is 15.8 Å². The van der Waals surface area contributed by atoms with Crippen LogP contribution in [0, 0.1) is 17.8 Å². The molecule has 0 radical (unpaired) electrons. The van der Waals surface area contributed by atoms with E-state index in [4.69, 9.17) is 0 Å². The zero-order valence-corrected chi connectivity index (χ0v) is 15.2. The van der Waals surface area contributed by atoms with E-state index in [1.54, 1.807) is 0 Å². The molecule has 1 aromatic heterocycles. The molecule has 4 rings (SSSR count). The van der Waals surface area contributed by atoms with Gasteiger partial charge in [0.2, 0.25) is 5.91 Å². The smallest absolute Gasteiger partial charge is 0.258 e. The molecular weight excluding hydrogens is 328 g/mol. The van der Waals surface area contributed by atoms with Crippen molar-refractivity contribution in [3.63, 3.8) is 0 Å². The lowest BCUT2D eigenvalue weighted by Crippen LogP contribution is -2.44. The number of benzene rings is 1. The number of fused-ring (bicyclic) bond motifs is 3. The number of hydrogen-bond acceptors (Lipinski definition) is 3. The Bertz CT molecular complexity index is 828. The molecule has 1 aromatic carbocycles. The fourth-order valence-electron chi connectivity index (χ4n) is 4.81. The lowest BCUT2D eigenvalue weighted by molar-refractivity contribution is -0.129. The highest BCUT2D eigenvalue weighted by atomic mass is 16.2. The molecule has 2 bridgehead atoms. The minimum absolute atomic E-state index is 0.0814. The largest absolute Gasteiger partial charge is 0.318 e. The molecule has 2 aliphatic carbocycles. The lowest BCUT2D eigenvalue weighted by atomic mass is 9.86. The second-order valence-corrected chi connectivity index (χ2v) is 7.69. The predicted molar refractivity (Wildman–Crippen MR) is 99.0 cm³/mol. The lowest BCUT2D eigenvalue weighted by Gasteiger charge is -2.21. The van der Waals surface area contributed by atoms with Gasteiger partial charge in [-0.05, 0) is 49.1 Å². The summed E-state index contributed by atoms with van der Waals surface area (Å²) >= 11 is 0. The van der Waals surface area contributed by atoms with Crippen LogP contribution in [0.5, 0.6) is 0 Å². The van der Waals surface area contributed by atoms with Crippen molar-refractivity contribution in [3.05, 3.63) is 30.1 Å². The number of aromatic nitrogens is 2. The molecule has 0 unspecified atom stereocenters. The molecule has 6 nitrogen and oxygen atoms in total. The van der Waals surface area contributed by atoms with Gasteiger partial charge in [0, 0.05) is 12.8 Å². The van der Waals surface area contributed by atoms with Crippen molar-refractivity contribution < 1.29 is 9.59 Å². The van der Waals surface area contributed by atoms with Crippen molar-refractivity contribution in [2.45, 2.75) is 52.0 Å². The number of nitrogens with one attached hydrogen (secondary N) is 2. The molecular formula is C20H26N4O2. The zero-order chi connectivity index (χ0) is 18.1. The van der Waals surface area contributed by atoms with Crippen LogP contribution < -0.4 is 10.9 Å². The van der Waals surface area contributed by atoms with E-state index >= 15 is 0 Å². The summed E-state index contributed by atoms with van der Waals surface area (Å²) in [5, 5.41) is 0. The van der Waals surface area contributed by atoms with Gasteiger partial charge in [-0.1, -0.05) is 25.5 Å².